The van der Waals surface area contributed by atoms with Gasteiger partial charge in [-0.25, -0.2) is 0 Å². The van der Waals surface area contributed by atoms with Crippen LogP contribution in [0.15, 0.2) is 40.9 Å². The summed E-state index contributed by atoms with van der Waals surface area (Å²) in [6.07, 6.45) is 0.740. The number of halogens is 1. The van der Waals surface area contributed by atoms with Gasteiger partial charge in [-0.2, -0.15) is 0 Å². The van der Waals surface area contributed by atoms with E-state index in [0.29, 0.717) is 27.1 Å². The molecule has 0 aliphatic carbocycles. The van der Waals surface area contributed by atoms with Crippen LogP contribution in [0.4, 0.5) is 5.69 Å². The Morgan fingerprint density at radius 3 is 2.40 bits per heavy atom. The predicted molar refractivity (Wildman–Crippen MR) is 77.4 cm³/mol. The maximum atomic E-state index is 10.7. The predicted octanol–water partition coefficient (Wildman–Crippen LogP) is 4.27. The summed E-state index contributed by atoms with van der Waals surface area (Å²) in [5, 5.41) is 10.7. The van der Waals surface area contributed by atoms with Crippen LogP contribution in [0.1, 0.15) is 15.9 Å². The summed E-state index contributed by atoms with van der Waals surface area (Å²) in [5.74, 6) is 1.04. The zero-order valence-corrected chi connectivity index (χ0v) is 12.1. The summed E-state index contributed by atoms with van der Waals surface area (Å²) in [4.78, 5) is 21.0. The van der Waals surface area contributed by atoms with Gasteiger partial charge in [0.25, 0.3) is 5.69 Å². The maximum absolute atomic E-state index is 10.7. The Bertz CT molecular complexity index is 685. The highest BCUT2D eigenvalue weighted by Crippen LogP contribution is 2.29. The number of benzene rings is 2. The van der Waals surface area contributed by atoms with Gasteiger partial charge in [0.05, 0.1) is 4.92 Å². The van der Waals surface area contributed by atoms with Crippen LogP contribution in [-0.4, -0.2) is 11.2 Å². The second-order valence-electron chi connectivity index (χ2n) is 4.11. The van der Waals surface area contributed by atoms with Gasteiger partial charge < -0.3 is 4.74 Å². The molecule has 0 bridgehead atoms. The fraction of sp³-hybridized carbons (Fsp3) is 0.0714. The van der Waals surface area contributed by atoms with E-state index < -0.39 is 4.92 Å². The molecule has 102 valence electrons. The molecule has 2 rings (SSSR count). The van der Waals surface area contributed by atoms with E-state index in [1.165, 1.54) is 12.1 Å². The van der Waals surface area contributed by atoms with Crippen molar-refractivity contribution < 1.29 is 14.5 Å². The minimum Gasteiger partial charge on any atom is -0.457 e. The smallest absolute Gasteiger partial charge is 0.272 e. The maximum Gasteiger partial charge on any atom is 0.272 e. The Balaban J connectivity index is 2.26. The van der Waals surface area contributed by atoms with Crippen molar-refractivity contribution in [2.45, 2.75) is 6.92 Å². The zero-order chi connectivity index (χ0) is 14.7. The largest absolute Gasteiger partial charge is 0.457 e. The van der Waals surface area contributed by atoms with Crippen LogP contribution in [0.3, 0.4) is 0 Å². The van der Waals surface area contributed by atoms with E-state index >= 15 is 0 Å². The molecule has 0 radical (unpaired) electrons. The highest BCUT2D eigenvalue weighted by Gasteiger charge is 2.11. The lowest BCUT2D eigenvalue weighted by Crippen LogP contribution is -1.93. The number of nitro benzene ring substituents is 1. The fourth-order valence-electron chi connectivity index (χ4n) is 1.70. The second kappa shape index (κ2) is 5.83. The average Bonchev–Trinajstić information content (AvgIpc) is 2.38. The van der Waals surface area contributed by atoms with Crippen molar-refractivity contribution >= 4 is 27.9 Å². The third kappa shape index (κ3) is 3.03. The quantitative estimate of drug-likeness (QED) is 0.475. The molecular formula is C14H10BrNO4. The first-order valence-corrected chi connectivity index (χ1v) is 6.48. The molecule has 0 saturated carbocycles. The number of carbonyl (C=O) groups is 1. The van der Waals surface area contributed by atoms with Gasteiger partial charge in [-0.05, 0) is 53.2 Å². The van der Waals surface area contributed by atoms with E-state index in [1.54, 1.807) is 31.2 Å². The van der Waals surface area contributed by atoms with Crippen molar-refractivity contribution in [3.63, 3.8) is 0 Å². The molecule has 2 aromatic rings. The normalized spacial score (nSPS) is 10.1. The van der Waals surface area contributed by atoms with Gasteiger partial charge in [0, 0.05) is 21.7 Å². The molecular weight excluding hydrogens is 326 g/mol. The Morgan fingerprint density at radius 1 is 1.20 bits per heavy atom. The van der Waals surface area contributed by atoms with Crippen LogP contribution in [0, 0.1) is 17.0 Å². The first-order chi connectivity index (χ1) is 9.51. The monoisotopic (exact) mass is 335 g/mol. The lowest BCUT2D eigenvalue weighted by atomic mass is 10.2. The number of aldehydes is 1. The fourth-order valence-corrected chi connectivity index (χ4v) is 2.15. The first kappa shape index (κ1) is 14.2. The summed E-state index contributed by atoms with van der Waals surface area (Å²) in [6, 6.07) is 9.49. The highest BCUT2D eigenvalue weighted by atomic mass is 79.9. The van der Waals surface area contributed by atoms with Crippen molar-refractivity contribution in [2.24, 2.45) is 0 Å². The zero-order valence-electron chi connectivity index (χ0n) is 10.5. The van der Waals surface area contributed by atoms with E-state index in [-0.39, 0.29) is 5.69 Å². The standard InChI is InChI=1S/C14H10BrNO4/c1-9-6-11(4-5-14(9)16(18)19)20-12-3-2-10(8-17)13(15)7-12/h2-8H,1H3. The van der Waals surface area contributed by atoms with Crippen molar-refractivity contribution in [1.29, 1.82) is 0 Å². The molecule has 0 aliphatic heterocycles. The molecule has 5 nitrogen and oxygen atoms in total. The van der Waals surface area contributed by atoms with Gasteiger partial charge >= 0.3 is 0 Å². The average molecular weight is 336 g/mol. The van der Waals surface area contributed by atoms with Gasteiger partial charge in [-0.1, -0.05) is 0 Å². The Morgan fingerprint density at radius 2 is 1.85 bits per heavy atom. The molecule has 2 aromatic carbocycles. The second-order valence-corrected chi connectivity index (χ2v) is 4.96. The van der Waals surface area contributed by atoms with Crippen molar-refractivity contribution in [3.05, 3.63) is 62.1 Å². The van der Waals surface area contributed by atoms with Crippen molar-refractivity contribution in [2.75, 3.05) is 0 Å². The number of carbonyl (C=O) groups excluding carboxylic acids is 1. The number of aryl methyl sites for hydroxylation is 1. The van der Waals surface area contributed by atoms with Crippen LogP contribution in [-0.2, 0) is 0 Å². The number of nitro groups is 1. The first-order valence-electron chi connectivity index (χ1n) is 5.69. The number of ether oxygens (including phenoxy) is 1. The van der Waals surface area contributed by atoms with Crippen molar-refractivity contribution in [3.8, 4) is 11.5 Å². The van der Waals surface area contributed by atoms with Gasteiger partial charge in [0.15, 0.2) is 6.29 Å². The molecule has 20 heavy (non-hydrogen) atoms. The number of nitrogens with zero attached hydrogens (tertiary/aromatic N) is 1. The molecule has 6 heteroatoms. The molecule has 0 N–H and O–H groups in total. The van der Waals surface area contributed by atoms with Gasteiger partial charge in [0.2, 0.25) is 0 Å². The summed E-state index contributed by atoms with van der Waals surface area (Å²) >= 11 is 3.27. The van der Waals surface area contributed by atoms with E-state index in [0.717, 1.165) is 6.29 Å². The molecule has 0 fully saturated rings. The summed E-state index contributed by atoms with van der Waals surface area (Å²) in [5.41, 5.74) is 1.10. The summed E-state index contributed by atoms with van der Waals surface area (Å²) in [7, 11) is 0. The summed E-state index contributed by atoms with van der Waals surface area (Å²) in [6.45, 7) is 1.65. The van der Waals surface area contributed by atoms with Crippen molar-refractivity contribution in [1.82, 2.24) is 0 Å². The summed E-state index contributed by atoms with van der Waals surface area (Å²) < 4.78 is 6.23. The number of hydrogen-bond acceptors (Lipinski definition) is 4. The van der Waals surface area contributed by atoms with Gasteiger partial charge in [-0.3, -0.25) is 14.9 Å². The molecule has 0 atom stereocenters. The topological polar surface area (TPSA) is 69.4 Å². The molecule has 0 heterocycles. The molecule has 0 aromatic heterocycles. The van der Waals surface area contributed by atoms with Crippen LogP contribution in [0.2, 0.25) is 0 Å². The van der Waals surface area contributed by atoms with Crippen LogP contribution >= 0.6 is 15.9 Å². The third-order valence-corrected chi connectivity index (χ3v) is 3.39. The van der Waals surface area contributed by atoms with Gasteiger partial charge in [-0.15, -0.1) is 0 Å². The Kier molecular flexibility index (Phi) is 4.14. The van der Waals surface area contributed by atoms with Crippen LogP contribution < -0.4 is 4.74 Å². The lowest BCUT2D eigenvalue weighted by molar-refractivity contribution is -0.385. The molecule has 0 unspecified atom stereocenters. The van der Waals surface area contributed by atoms with Crippen LogP contribution in [0.25, 0.3) is 0 Å². The molecule has 0 saturated heterocycles. The number of rotatable bonds is 4. The van der Waals surface area contributed by atoms with E-state index in [1.807, 2.05) is 0 Å². The molecule has 0 amide bonds. The van der Waals surface area contributed by atoms with Crippen LogP contribution in [0.5, 0.6) is 11.5 Å². The van der Waals surface area contributed by atoms with E-state index in [4.69, 9.17) is 4.74 Å². The SMILES string of the molecule is Cc1cc(Oc2ccc(C=O)c(Br)c2)ccc1[N+](=O)[O-]. The molecule has 0 aliphatic rings. The minimum atomic E-state index is -0.436. The highest BCUT2D eigenvalue weighted by molar-refractivity contribution is 9.10. The lowest BCUT2D eigenvalue weighted by Gasteiger charge is -2.07. The van der Waals surface area contributed by atoms with E-state index in [2.05, 4.69) is 15.9 Å². The Hall–Kier alpha value is -2.21. The Labute approximate surface area is 123 Å². The van der Waals surface area contributed by atoms with E-state index in [9.17, 15) is 14.9 Å². The third-order valence-electron chi connectivity index (χ3n) is 2.70. The van der Waals surface area contributed by atoms with Gasteiger partial charge in [0.1, 0.15) is 11.5 Å². The number of hydrogen-bond donors (Lipinski definition) is 0. The minimum absolute atomic E-state index is 0.0508. The molecule has 0 spiro atoms.